The topological polar surface area (TPSA) is 67.6 Å². The lowest BCUT2D eigenvalue weighted by Gasteiger charge is -1.98. The van der Waals surface area contributed by atoms with Crippen molar-refractivity contribution in [3.8, 4) is 6.07 Å². The highest BCUT2D eigenvalue weighted by Crippen LogP contribution is 2.29. The number of nitrogen functional groups attached to an aromatic ring is 1. The van der Waals surface area contributed by atoms with Gasteiger partial charge in [-0.15, -0.1) is 0 Å². The fourth-order valence-electron chi connectivity index (χ4n) is 1.50. The Kier molecular flexibility index (Phi) is 1.93. The van der Waals surface area contributed by atoms with Gasteiger partial charge in [0.15, 0.2) is 5.82 Å². The summed E-state index contributed by atoms with van der Waals surface area (Å²) in [5.74, 6) is 0.389. The van der Waals surface area contributed by atoms with Crippen LogP contribution in [0.5, 0.6) is 0 Å². The number of rotatable bonds is 0. The maximum Gasteiger partial charge on any atom is 0.154 e. The minimum atomic E-state index is 0.389. The first-order valence-corrected chi connectivity index (χ1v) is 4.75. The molecular formula is C9H7BrN4. The molecular weight excluding hydrogens is 244 g/mol. The Morgan fingerprint density at radius 3 is 2.93 bits per heavy atom. The zero-order chi connectivity index (χ0) is 10.3. The maximum absolute atomic E-state index is 8.90. The summed E-state index contributed by atoms with van der Waals surface area (Å²) >= 11 is 3.40. The molecule has 5 heteroatoms. The van der Waals surface area contributed by atoms with E-state index in [9.17, 15) is 0 Å². The Morgan fingerprint density at radius 2 is 2.29 bits per heavy atom. The highest BCUT2D eigenvalue weighted by Gasteiger charge is 2.12. The molecule has 0 radical (unpaired) electrons. The fraction of sp³-hybridized carbons (Fsp3) is 0.111. The van der Waals surface area contributed by atoms with E-state index in [1.165, 1.54) is 0 Å². The number of nitrogens with two attached hydrogens (primary N) is 1. The Balaban J connectivity index is 3.04. The van der Waals surface area contributed by atoms with Gasteiger partial charge >= 0.3 is 0 Å². The standard InChI is InChI=1S/C9H7BrN4/c1-14-8-6(10)3-2-5(4-11)7(8)9(12)13-14/h2-3H,1H3,(H2,12,13). The van der Waals surface area contributed by atoms with Gasteiger partial charge in [-0.1, -0.05) is 0 Å². The number of aryl methyl sites for hydroxylation is 1. The second-order valence-electron chi connectivity index (χ2n) is 2.94. The lowest BCUT2D eigenvalue weighted by Crippen LogP contribution is -1.91. The quantitative estimate of drug-likeness (QED) is 0.776. The Bertz CT molecular complexity index is 550. The molecule has 1 aromatic heterocycles. The van der Waals surface area contributed by atoms with Gasteiger partial charge in [-0.25, -0.2) is 0 Å². The highest BCUT2D eigenvalue weighted by molar-refractivity contribution is 9.10. The first-order chi connectivity index (χ1) is 6.65. The number of nitrogens with zero attached hydrogens (tertiary/aromatic N) is 3. The highest BCUT2D eigenvalue weighted by atomic mass is 79.9. The molecule has 1 heterocycles. The van der Waals surface area contributed by atoms with E-state index in [1.54, 1.807) is 17.8 Å². The van der Waals surface area contributed by atoms with Crippen LogP contribution in [0, 0.1) is 11.3 Å². The fourth-order valence-corrected chi connectivity index (χ4v) is 2.08. The van der Waals surface area contributed by atoms with Gasteiger partial charge in [0.05, 0.1) is 22.5 Å². The molecule has 2 rings (SSSR count). The zero-order valence-corrected chi connectivity index (χ0v) is 9.04. The Morgan fingerprint density at radius 1 is 1.57 bits per heavy atom. The maximum atomic E-state index is 8.90. The SMILES string of the molecule is Cn1nc(N)c2c(C#N)ccc(Br)c21. The average molecular weight is 251 g/mol. The predicted octanol–water partition coefficient (Wildman–Crippen LogP) is 1.79. The second kappa shape index (κ2) is 3.00. The molecule has 4 nitrogen and oxygen atoms in total. The van der Waals surface area contributed by atoms with Gasteiger partial charge in [-0.05, 0) is 28.1 Å². The molecule has 0 amide bonds. The van der Waals surface area contributed by atoms with Gasteiger partial charge in [0.2, 0.25) is 0 Å². The van der Waals surface area contributed by atoms with Crippen molar-refractivity contribution in [3.05, 3.63) is 22.2 Å². The Hall–Kier alpha value is -1.54. The molecule has 2 aromatic rings. The number of benzene rings is 1. The van der Waals surface area contributed by atoms with E-state index in [-0.39, 0.29) is 0 Å². The van der Waals surface area contributed by atoms with E-state index < -0.39 is 0 Å². The molecule has 0 aliphatic carbocycles. The lowest BCUT2D eigenvalue weighted by atomic mass is 10.1. The van der Waals surface area contributed by atoms with E-state index >= 15 is 0 Å². The van der Waals surface area contributed by atoms with Crippen molar-refractivity contribution in [2.24, 2.45) is 7.05 Å². The molecule has 0 bridgehead atoms. The van der Waals surface area contributed by atoms with Crippen LogP contribution < -0.4 is 5.73 Å². The summed E-state index contributed by atoms with van der Waals surface area (Å²) in [6.07, 6.45) is 0. The van der Waals surface area contributed by atoms with Crippen LogP contribution in [-0.2, 0) is 7.05 Å². The molecule has 0 unspecified atom stereocenters. The van der Waals surface area contributed by atoms with Crippen molar-refractivity contribution in [3.63, 3.8) is 0 Å². The van der Waals surface area contributed by atoms with Gasteiger partial charge in [0.25, 0.3) is 0 Å². The van der Waals surface area contributed by atoms with Crippen LogP contribution in [-0.4, -0.2) is 9.78 Å². The predicted molar refractivity (Wildman–Crippen MR) is 57.5 cm³/mol. The number of hydrogen-bond acceptors (Lipinski definition) is 3. The third-order valence-corrected chi connectivity index (χ3v) is 2.73. The number of nitriles is 1. The van der Waals surface area contributed by atoms with Crippen LogP contribution in [0.3, 0.4) is 0 Å². The van der Waals surface area contributed by atoms with Crippen LogP contribution in [0.1, 0.15) is 5.56 Å². The molecule has 0 aliphatic rings. The average Bonchev–Trinajstić information content (AvgIpc) is 2.44. The Labute approximate surface area is 89.1 Å². The summed E-state index contributed by atoms with van der Waals surface area (Å²) in [6.45, 7) is 0. The van der Waals surface area contributed by atoms with Gasteiger partial charge in [0, 0.05) is 11.5 Å². The van der Waals surface area contributed by atoms with Crippen LogP contribution in [0.15, 0.2) is 16.6 Å². The van der Waals surface area contributed by atoms with Crippen molar-refractivity contribution in [2.75, 3.05) is 5.73 Å². The largest absolute Gasteiger partial charge is 0.382 e. The van der Waals surface area contributed by atoms with Crippen LogP contribution >= 0.6 is 15.9 Å². The summed E-state index contributed by atoms with van der Waals surface area (Å²) < 4.78 is 2.55. The van der Waals surface area contributed by atoms with Gasteiger partial charge in [-0.2, -0.15) is 10.4 Å². The van der Waals surface area contributed by atoms with Crippen molar-refractivity contribution in [1.82, 2.24) is 9.78 Å². The first kappa shape index (κ1) is 9.03. The van der Waals surface area contributed by atoms with E-state index in [1.807, 2.05) is 6.07 Å². The van der Waals surface area contributed by atoms with Crippen molar-refractivity contribution in [1.29, 1.82) is 5.26 Å². The number of halogens is 1. The van der Waals surface area contributed by atoms with E-state index in [4.69, 9.17) is 11.0 Å². The third-order valence-electron chi connectivity index (χ3n) is 2.09. The summed E-state index contributed by atoms with van der Waals surface area (Å²) in [6, 6.07) is 5.65. The molecule has 0 saturated carbocycles. The second-order valence-corrected chi connectivity index (χ2v) is 3.79. The number of fused-ring (bicyclic) bond motifs is 1. The normalized spacial score (nSPS) is 10.4. The molecule has 0 fully saturated rings. The van der Waals surface area contributed by atoms with Crippen LogP contribution in [0.2, 0.25) is 0 Å². The molecule has 0 saturated heterocycles. The van der Waals surface area contributed by atoms with Crippen LogP contribution in [0.4, 0.5) is 5.82 Å². The summed E-state index contributed by atoms with van der Waals surface area (Å²) in [7, 11) is 1.80. The zero-order valence-electron chi connectivity index (χ0n) is 7.45. The van der Waals surface area contributed by atoms with Gasteiger partial charge in [0.1, 0.15) is 0 Å². The van der Waals surface area contributed by atoms with Gasteiger partial charge < -0.3 is 5.73 Å². The minimum Gasteiger partial charge on any atom is -0.382 e. The summed E-state index contributed by atoms with van der Waals surface area (Å²) in [5.41, 5.74) is 7.12. The molecule has 0 spiro atoms. The molecule has 0 aliphatic heterocycles. The van der Waals surface area contributed by atoms with Crippen molar-refractivity contribution < 1.29 is 0 Å². The van der Waals surface area contributed by atoms with Crippen LogP contribution in [0.25, 0.3) is 10.9 Å². The molecule has 1 aromatic carbocycles. The smallest absolute Gasteiger partial charge is 0.154 e. The number of aromatic nitrogens is 2. The number of hydrogen-bond donors (Lipinski definition) is 1. The number of anilines is 1. The molecule has 70 valence electrons. The summed E-state index contributed by atoms with van der Waals surface area (Å²) in [4.78, 5) is 0. The third kappa shape index (κ3) is 1.08. The first-order valence-electron chi connectivity index (χ1n) is 3.96. The van der Waals surface area contributed by atoms with Crippen molar-refractivity contribution in [2.45, 2.75) is 0 Å². The van der Waals surface area contributed by atoms with E-state index in [2.05, 4.69) is 27.1 Å². The monoisotopic (exact) mass is 250 g/mol. The van der Waals surface area contributed by atoms with Crippen molar-refractivity contribution >= 4 is 32.7 Å². The van der Waals surface area contributed by atoms with E-state index in [0.29, 0.717) is 16.8 Å². The van der Waals surface area contributed by atoms with Gasteiger partial charge in [-0.3, -0.25) is 4.68 Å². The van der Waals surface area contributed by atoms with E-state index in [0.717, 1.165) is 9.99 Å². The molecule has 2 N–H and O–H groups in total. The lowest BCUT2D eigenvalue weighted by molar-refractivity contribution is 0.800. The molecule has 14 heavy (non-hydrogen) atoms. The minimum absolute atomic E-state index is 0.389. The summed E-state index contributed by atoms with van der Waals surface area (Å²) in [5, 5.41) is 13.7. The molecule has 0 atom stereocenters.